The Morgan fingerprint density at radius 2 is 0.719 bits per heavy atom. The number of rotatable bonds is 32. The molecule has 0 spiro atoms. The van der Waals surface area contributed by atoms with Gasteiger partial charge in [-0.1, -0.05) is 155 Å². The van der Waals surface area contributed by atoms with E-state index in [0.29, 0.717) is 97.7 Å². The van der Waals surface area contributed by atoms with E-state index in [1.807, 2.05) is 91.0 Å². The van der Waals surface area contributed by atoms with Crippen molar-refractivity contribution in [1.29, 1.82) is 0 Å². The summed E-state index contributed by atoms with van der Waals surface area (Å²) in [5, 5.41) is 19.2. The minimum atomic E-state index is -1.92. The first-order chi connectivity index (χ1) is 52.3. The van der Waals surface area contributed by atoms with Crippen LogP contribution in [0.1, 0.15) is 173 Å². The van der Waals surface area contributed by atoms with Crippen LogP contribution in [-0.4, -0.2) is 136 Å². The van der Waals surface area contributed by atoms with Crippen molar-refractivity contribution >= 4 is 117 Å². The fourth-order valence-corrected chi connectivity index (χ4v) is 17.1. The fourth-order valence-electron chi connectivity index (χ4n) is 11.3. The number of esters is 3. The van der Waals surface area contributed by atoms with Crippen LogP contribution in [0.3, 0.4) is 0 Å². The van der Waals surface area contributed by atoms with Gasteiger partial charge in [-0.05, 0) is 143 Å². The molecule has 0 unspecified atom stereocenters. The quantitative estimate of drug-likeness (QED) is 0.0153. The number of carboxylic acid groups (broad SMARTS) is 1. The Kier molecular flexibility index (Phi) is 39.0. The topological polar surface area (TPSA) is 347 Å². The van der Waals surface area contributed by atoms with Crippen LogP contribution in [0.25, 0.3) is 30.6 Å². The predicted octanol–water partition coefficient (Wildman–Crippen LogP) is 13.5. The number of hydrogen-bond donors (Lipinski definition) is 3. The van der Waals surface area contributed by atoms with E-state index in [4.69, 9.17) is 39.0 Å². The first-order valence-corrected chi connectivity index (χ1v) is 45.4. The lowest BCUT2D eigenvalue weighted by atomic mass is 10.1. The molecule has 0 atom stereocenters. The molecule has 114 heavy (non-hydrogen) atoms. The average molecular weight is 1670 g/mol. The number of aryl methyl sites for hydroxylation is 9. The number of aliphatic carboxylic acids is 1. The number of thiophene rings is 3. The second-order valence-electron chi connectivity index (χ2n) is 29.5. The van der Waals surface area contributed by atoms with Gasteiger partial charge in [-0.25, -0.2) is 33.3 Å². The Morgan fingerprint density at radius 3 is 0.982 bits per heavy atom. The average Bonchev–Trinajstić information content (AvgIpc) is 1.60. The number of aromatic nitrogens is 6. The van der Waals surface area contributed by atoms with Gasteiger partial charge in [0.2, 0.25) is 0 Å². The third-order valence-corrected chi connectivity index (χ3v) is 32.5. The van der Waals surface area contributed by atoms with E-state index in [0.717, 1.165) is 59.8 Å². The molecular formula is C83H119N7O19S3Si2. The maximum atomic E-state index is 13.6. The van der Waals surface area contributed by atoms with Crippen LogP contribution < -0.4 is 39.5 Å². The minimum Gasteiger partial charge on any atom is -0.480 e. The van der Waals surface area contributed by atoms with Crippen molar-refractivity contribution in [2.45, 2.75) is 226 Å². The van der Waals surface area contributed by atoms with Crippen LogP contribution in [0.5, 0.6) is 0 Å². The normalized spacial score (nSPS) is 11.4. The number of Topliss-reactive ketones (excluding diaryl/α,β-unsaturated/α-hetero) is 2. The molecule has 9 rings (SSSR count). The predicted molar refractivity (Wildman–Crippen MR) is 462 cm³/mol. The van der Waals surface area contributed by atoms with Crippen molar-refractivity contribution in [2.24, 2.45) is 5.73 Å². The lowest BCUT2D eigenvalue weighted by Gasteiger charge is -2.36. The van der Waals surface area contributed by atoms with Gasteiger partial charge in [0.15, 0.2) is 28.2 Å². The Morgan fingerprint density at radius 1 is 0.439 bits per heavy atom. The summed E-state index contributed by atoms with van der Waals surface area (Å²) in [5.41, 5.74) is 6.00. The zero-order valence-corrected chi connectivity index (χ0v) is 71.1. The van der Waals surface area contributed by atoms with E-state index in [9.17, 15) is 57.5 Å². The van der Waals surface area contributed by atoms with Crippen LogP contribution >= 0.6 is 34.0 Å². The molecule has 0 saturated carbocycles. The summed E-state index contributed by atoms with van der Waals surface area (Å²) < 4.78 is 34.3. The molecule has 0 aliphatic heterocycles. The maximum Gasteiger partial charge on any atom is 0.348 e. The molecule has 4 N–H and O–H groups in total. The van der Waals surface area contributed by atoms with Crippen LogP contribution in [0, 0.1) is 20.8 Å². The van der Waals surface area contributed by atoms with Crippen molar-refractivity contribution < 1.29 is 62.0 Å². The van der Waals surface area contributed by atoms with Gasteiger partial charge in [-0.15, -0.1) is 34.0 Å². The first kappa shape index (κ1) is 99.3. The van der Waals surface area contributed by atoms with Gasteiger partial charge >= 0.3 is 40.9 Å². The van der Waals surface area contributed by atoms with Gasteiger partial charge in [0.1, 0.15) is 35.7 Å². The summed E-state index contributed by atoms with van der Waals surface area (Å²) in [6, 6.07) is 28.8. The Bertz CT molecular complexity index is 5130. The number of hydrogen-bond acceptors (Lipinski definition) is 22. The number of aliphatic hydroxyl groups is 1. The number of fused-ring (bicyclic) bond motifs is 3. The summed E-state index contributed by atoms with van der Waals surface area (Å²) in [7, 11) is -3.43. The SMILES string of the molecule is C.C.C.CC(C)(C)[Si](C)(C)OCCN.CCOC(=O)c1sc2c(c1C)c(=O)n(CC(=O)CCCO)c(=O)n2CCc1ccccc1.CCOC(=O)c1sc2c(c1C)c(=O)n(CC(=O)CCCO[Si](C)(C)C(C)(C)C)c(=O)n2CCc1ccccc1.CCOC(=O)c1sc2c(c1C)c(=O)n(CC(=O)O)c(=O)n2CCc1ccccc1. The van der Waals surface area contributed by atoms with E-state index in [1.165, 1.54) is 13.7 Å². The molecule has 0 bridgehead atoms. The largest absolute Gasteiger partial charge is 0.480 e. The maximum absolute atomic E-state index is 13.6. The number of nitrogens with zero attached hydrogens (tertiary/aromatic N) is 6. The minimum absolute atomic E-state index is 0. The smallest absolute Gasteiger partial charge is 0.348 e. The molecule has 0 fully saturated rings. The number of ketones is 2. The number of nitrogens with two attached hydrogens (primary N) is 1. The number of carbonyl (C=O) groups excluding carboxylic acids is 5. The highest BCUT2D eigenvalue weighted by Crippen LogP contribution is 2.38. The zero-order valence-electron chi connectivity index (χ0n) is 66.6. The Balaban J connectivity index is 0.000000413. The van der Waals surface area contributed by atoms with Crippen molar-refractivity contribution in [3.05, 3.63) is 202 Å². The summed E-state index contributed by atoms with van der Waals surface area (Å²) in [6.07, 6.45) is 2.67. The highest BCUT2D eigenvalue weighted by Gasteiger charge is 2.38. The second-order valence-corrected chi connectivity index (χ2v) is 42.1. The molecule has 0 saturated heterocycles. The van der Waals surface area contributed by atoms with Crippen molar-refractivity contribution in [1.82, 2.24) is 27.4 Å². The lowest BCUT2D eigenvalue weighted by molar-refractivity contribution is -0.137. The summed E-state index contributed by atoms with van der Waals surface area (Å²) in [4.78, 5) is 155. The molecular weight excluding hydrogens is 1550 g/mol. The summed E-state index contributed by atoms with van der Waals surface area (Å²) in [5.74, 6) is -3.46. The zero-order chi connectivity index (χ0) is 82.5. The molecule has 26 nitrogen and oxygen atoms in total. The van der Waals surface area contributed by atoms with E-state index in [-0.39, 0.29) is 137 Å². The highest BCUT2D eigenvalue weighted by atomic mass is 32.1. The number of carboxylic acids is 1. The van der Waals surface area contributed by atoms with Gasteiger partial charge in [0.05, 0.1) is 49.1 Å². The van der Waals surface area contributed by atoms with Gasteiger partial charge < -0.3 is 39.0 Å². The third-order valence-electron chi connectivity index (χ3n) is 19.5. The number of aliphatic hydroxyl groups excluding tert-OH is 1. The Labute approximate surface area is 681 Å². The van der Waals surface area contributed by atoms with E-state index in [2.05, 4.69) is 67.7 Å². The standard InChI is InChI=1S/C29H40N2O6SSi.C23H26N2O6S.C20H20N2O6S.C8H21NOSi.3CH4/c1-8-36-27(34)24-20(2)23-25(33)31(19-22(32)15-12-18-37-39(6,7)29(3,4)5)28(35)30(26(23)38-24)17-16-21-13-10-9-11-14-21;1-3-31-22(29)19-15(2)18-20(28)25(14-17(27)10-7-13-26)23(30)24(21(18)32-19)12-11-16-8-5-4-6-9-16;1-3-28-19(26)16-12(2)15-17(25)22(11-14(23)24)20(27)21(18(15)29-16)10-9-13-7-5-4-6-8-13;1-8(2,3)11(4,5)10-7-6-9;;;/h9-11,13-14H,8,12,15-19H2,1-7H3;4-6,8-9,26H,3,7,10-14H2,1-2H3;4-8H,3,9-11H2,1-2H3,(H,23,24);6-7,9H2,1-5H3;3*1H4. The third kappa shape index (κ3) is 25.3. The molecule has 626 valence electrons. The molecule has 0 aliphatic rings. The Hall–Kier alpha value is -8.93. The van der Waals surface area contributed by atoms with E-state index in [1.54, 1.807) is 41.5 Å². The summed E-state index contributed by atoms with van der Waals surface area (Å²) in [6.45, 7) is 33.6. The highest BCUT2D eigenvalue weighted by molar-refractivity contribution is 7.21. The van der Waals surface area contributed by atoms with Crippen LogP contribution in [0.15, 0.2) is 120 Å². The number of carbonyl (C=O) groups is 6. The van der Waals surface area contributed by atoms with Crippen LogP contribution in [-0.2, 0) is 96.0 Å². The van der Waals surface area contributed by atoms with Gasteiger partial charge in [0, 0.05) is 58.8 Å². The van der Waals surface area contributed by atoms with Crippen molar-refractivity contribution in [2.75, 3.05) is 46.2 Å². The molecule has 6 aromatic heterocycles. The summed E-state index contributed by atoms with van der Waals surface area (Å²) >= 11 is 3.17. The van der Waals surface area contributed by atoms with Gasteiger partial charge in [0.25, 0.3) is 16.7 Å². The fraction of sp³-hybridized carbons (Fsp3) is 0.494. The van der Waals surface area contributed by atoms with E-state index >= 15 is 0 Å². The molecule has 31 heteroatoms. The molecule has 0 radical (unpaired) electrons. The molecule has 9 aromatic rings. The van der Waals surface area contributed by atoms with Crippen LogP contribution in [0.2, 0.25) is 36.3 Å². The number of benzene rings is 3. The van der Waals surface area contributed by atoms with Gasteiger partial charge in [-0.3, -0.25) is 51.6 Å². The van der Waals surface area contributed by atoms with Crippen molar-refractivity contribution in [3.63, 3.8) is 0 Å². The second kappa shape index (κ2) is 44.8. The molecule has 3 aromatic carbocycles. The van der Waals surface area contributed by atoms with Crippen LogP contribution in [0.4, 0.5) is 0 Å². The van der Waals surface area contributed by atoms with Gasteiger partial charge in [-0.2, -0.15) is 0 Å². The van der Waals surface area contributed by atoms with Crippen molar-refractivity contribution in [3.8, 4) is 0 Å². The lowest BCUT2D eigenvalue weighted by Crippen LogP contribution is -2.42. The molecule has 0 amide bonds. The van der Waals surface area contributed by atoms with E-state index < -0.39 is 80.8 Å². The monoisotopic (exact) mass is 1670 g/mol. The molecule has 6 heterocycles. The molecule has 0 aliphatic carbocycles. The first-order valence-electron chi connectivity index (χ1n) is 37.1. The number of ether oxygens (including phenoxy) is 3.